The fraction of sp³-hybridized carbons (Fsp3) is 0.300. The van der Waals surface area contributed by atoms with Gasteiger partial charge in [-0.2, -0.15) is 12.6 Å². The number of nitrogens with zero attached hydrogens (tertiary/aromatic N) is 2. The third-order valence-electron chi connectivity index (χ3n) is 2.09. The molecule has 1 aromatic heterocycles. The highest BCUT2D eigenvalue weighted by molar-refractivity contribution is 7.80. The Morgan fingerprint density at radius 2 is 2.38 bits per heavy atom. The van der Waals surface area contributed by atoms with Crippen LogP contribution in [-0.2, 0) is 0 Å². The first-order valence-corrected chi connectivity index (χ1v) is 5.20. The van der Waals surface area contributed by atoms with E-state index in [0.29, 0.717) is 16.9 Å². The zero-order valence-electron chi connectivity index (χ0n) is 9.01. The molecule has 0 aromatic carbocycles. The van der Waals surface area contributed by atoms with E-state index in [1.54, 1.807) is 25.3 Å². The fourth-order valence-electron chi connectivity index (χ4n) is 1.30. The van der Waals surface area contributed by atoms with Crippen molar-refractivity contribution in [3.05, 3.63) is 33.5 Å². The van der Waals surface area contributed by atoms with Gasteiger partial charge in [-0.05, 0) is 6.92 Å². The number of rotatable bonds is 4. The predicted octanol–water partition coefficient (Wildman–Crippen LogP) is 2.25. The number of hydrogen-bond acceptors (Lipinski definition) is 5. The Morgan fingerprint density at radius 3 is 2.88 bits per heavy atom. The van der Waals surface area contributed by atoms with Crippen LogP contribution in [0.5, 0.6) is 5.88 Å². The normalized spacial score (nSPS) is 10.7. The van der Waals surface area contributed by atoms with Gasteiger partial charge in [-0.3, -0.25) is 10.1 Å². The summed E-state index contributed by atoms with van der Waals surface area (Å²) in [5.41, 5.74) is 1.14. The lowest BCUT2D eigenvalue weighted by Gasteiger charge is -2.05. The highest BCUT2D eigenvalue weighted by Crippen LogP contribution is 2.30. The van der Waals surface area contributed by atoms with Gasteiger partial charge in [0.2, 0.25) is 0 Å². The van der Waals surface area contributed by atoms with E-state index in [1.165, 1.54) is 7.11 Å². The molecule has 1 rings (SSSR count). The van der Waals surface area contributed by atoms with E-state index in [4.69, 9.17) is 4.74 Å². The maximum atomic E-state index is 10.9. The quantitative estimate of drug-likeness (QED) is 0.498. The van der Waals surface area contributed by atoms with Crippen LogP contribution in [0.25, 0.3) is 6.08 Å². The van der Waals surface area contributed by atoms with Gasteiger partial charge >= 0.3 is 5.69 Å². The molecule has 0 aliphatic carbocycles. The monoisotopic (exact) mass is 240 g/mol. The third-order valence-corrected chi connectivity index (χ3v) is 2.30. The smallest absolute Gasteiger partial charge is 0.334 e. The molecule has 86 valence electrons. The molecule has 0 amide bonds. The van der Waals surface area contributed by atoms with Crippen LogP contribution in [0.2, 0.25) is 0 Å². The third kappa shape index (κ3) is 2.52. The van der Waals surface area contributed by atoms with Crippen molar-refractivity contribution >= 4 is 24.4 Å². The first-order valence-electron chi connectivity index (χ1n) is 4.57. The molecule has 0 N–H and O–H groups in total. The van der Waals surface area contributed by atoms with Crippen molar-refractivity contribution < 1.29 is 9.66 Å². The maximum Gasteiger partial charge on any atom is 0.334 e. The second-order valence-electron chi connectivity index (χ2n) is 3.04. The topological polar surface area (TPSA) is 65.3 Å². The lowest BCUT2D eigenvalue weighted by molar-refractivity contribution is -0.386. The summed E-state index contributed by atoms with van der Waals surface area (Å²) in [4.78, 5) is 14.3. The van der Waals surface area contributed by atoms with Gasteiger partial charge in [0, 0.05) is 23.1 Å². The zero-order valence-corrected chi connectivity index (χ0v) is 9.90. The zero-order chi connectivity index (χ0) is 12.1. The number of pyridine rings is 1. The van der Waals surface area contributed by atoms with Crippen molar-refractivity contribution in [2.75, 3.05) is 12.9 Å². The largest absolute Gasteiger partial charge is 0.476 e. The van der Waals surface area contributed by atoms with Crippen LogP contribution in [0.4, 0.5) is 5.69 Å². The van der Waals surface area contributed by atoms with Crippen molar-refractivity contribution in [3.63, 3.8) is 0 Å². The van der Waals surface area contributed by atoms with Crippen LogP contribution in [-0.4, -0.2) is 22.8 Å². The highest BCUT2D eigenvalue weighted by Gasteiger charge is 2.21. The van der Waals surface area contributed by atoms with E-state index in [2.05, 4.69) is 17.6 Å². The van der Waals surface area contributed by atoms with E-state index < -0.39 is 4.92 Å². The van der Waals surface area contributed by atoms with Crippen LogP contribution in [0.1, 0.15) is 11.1 Å². The number of nitro groups is 1. The van der Waals surface area contributed by atoms with Crippen LogP contribution >= 0.6 is 12.6 Å². The predicted molar refractivity (Wildman–Crippen MR) is 65.1 cm³/mol. The Bertz CT molecular complexity index is 432. The van der Waals surface area contributed by atoms with E-state index in [9.17, 15) is 10.1 Å². The van der Waals surface area contributed by atoms with Gasteiger partial charge in [-0.25, -0.2) is 4.98 Å². The minimum Gasteiger partial charge on any atom is -0.476 e. The van der Waals surface area contributed by atoms with E-state index >= 15 is 0 Å². The van der Waals surface area contributed by atoms with Crippen molar-refractivity contribution in [2.45, 2.75) is 6.92 Å². The molecule has 0 unspecified atom stereocenters. The van der Waals surface area contributed by atoms with E-state index in [0.717, 1.165) is 0 Å². The van der Waals surface area contributed by atoms with Gasteiger partial charge < -0.3 is 4.74 Å². The second-order valence-corrected chi connectivity index (χ2v) is 3.40. The molecule has 1 heterocycles. The molecular formula is C10H12N2O3S. The average Bonchev–Trinajstić information content (AvgIpc) is 2.26. The van der Waals surface area contributed by atoms with Gasteiger partial charge in [0.05, 0.1) is 12.0 Å². The summed E-state index contributed by atoms with van der Waals surface area (Å²) in [5, 5.41) is 10.9. The van der Waals surface area contributed by atoms with Gasteiger partial charge in [-0.1, -0.05) is 12.2 Å². The first kappa shape index (κ1) is 12.5. The van der Waals surface area contributed by atoms with Gasteiger partial charge in [0.25, 0.3) is 5.88 Å². The van der Waals surface area contributed by atoms with Crippen molar-refractivity contribution in [1.82, 2.24) is 4.98 Å². The van der Waals surface area contributed by atoms with Crippen LogP contribution < -0.4 is 4.74 Å². The summed E-state index contributed by atoms with van der Waals surface area (Å²) >= 11 is 4.02. The fourth-order valence-corrected chi connectivity index (χ4v) is 1.40. The van der Waals surface area contributed by atoms with Crippen molar-refractivity contribution in [1.29, 1.82) is 0 Å². The Labute approximate surface area is 98.7 Å². The molecule has 0 aliphatic rings. The van der Waals surface area contributed by atoms with Crippen molar-refractivity contribution in [2.24, 2.45) is 0 Å². The van der Waals surface area contributed by atoms with E-state index in [-0.39, 0.29) is 11.6 Å². The van der Waals surface area contributed by atoms with Gasteiger partial charge in [-0.15, -0.1) is 0 Å². The molecule has 0 fully saturated rings. The number of aromatic nitrogens is 1. The second kappa shape index (κ2) is 5.50. The average molecular weight is 240 g/mol. The minimum absolute atomic E-state index is 0.0329. The number of ether oxygens (including phenoxy) is 1. The molecule has 16 heavy (non-hydrogen) atoms. The van der Waals surface area contributed by atoms with Crippen LogP contribution in [0.3, 0.4) is 0 Å². The summed E-state index contributed by atoms with van der Waals surface area (Å²) in [7, 11) is 1.36. The lowest BCUT2D eigenvalue weighted by Crippen LogP contribution is -2.00. The number of thiol groups is 1. The van der Waals surface area contributed by atoms with Gasteiger partial charge in [0.1, 0.15) is 0 Å². The summed E-state index contributed by atoms with van der Waals surface area (Å²) in [6, 6.07) is 0. The minimum atomic E-state index is -0.487. The maximum absolute atomic E-state index is 10.9. The molecule has 0 saturated carbocycles. The molecule has 0 radical (unpaired) electrons. The Balaban J connectivity index is 3.31. The molecule has 5 nitrogen and oxygen atoms in total. The highest BCUT2D eigenvalue weighted by atomic mass is 32.1. The number of methoxy groups -OCH3 is 1. The molecule has 6 heteroatoms. The molecule has 1 aromatic rings. The summed E-state index contributed by atoms with van der Waals surface area (Å²) in [6.07, 6.45) is 5.09. The Morgan fingerprint density at radius 1 is 1.69 bits per heavy atom. The first-order chi connectivity index (χ1) is 7.61. The van der Waals surface area contributed by atoms with E-state index in [1.807, 2.05) is 0 Å². The summed E-state index contributed by atoms with van der Waals surface area (Å²) in [6.45, 7) is 1.67. The molecular weight excluding hydrogens is 228 g/mol. The molecule has 0 bridgehead atoms. The lowest BCUT2D eigenvalue weighted by atomic mass is 10.1. The van der Waals surface area contributed by atoms with Crippen LogP contribution in [0, 0.1) is 17.0 Å². The SMILES string of the molecule is COc1ncc(C=CCS)c(C)c1[N+](=O)[O-]. The molecule has 0 atom stereocenters. The Hall–Kier alpha value is -1.56. The summed E-state index contributed by atoms with van der Waals surface area (Å²) in [5.74, 6) is 0.602. The van der Waals surface area contributed by atoms with Crippen LogP contribution in [0.15, 0.2) is 12.3 Å². The Kier molecular flexibility index (Phi) is 4.30. The summed E-state index contributed by atoms with van der Waals surface area (Å²) < 4.78 is 4.85. The standard InChI is InChI=1S/C10H12N2O3S/c1-7-8(4-3-5-16)6-11-10(15-2)9(7)12(13)14/h3-4,6,16H,5H2,1-2H3. The number of hydrogen-bond donors (Lipinski definition) is 1. The van der Waals surface area contributed by atoms with Gasteiger partial charge in [0.15, 0.2) is 0 Å². The molecule has 0 aliphatic heterocycles. The van der Waals surface area contributed by atoms with Crippen molar-refractivity contribution in [3.8, 4) is 5.88 Å². The molecule has 0 spiro atoms. The molecule has 0 saturated heterocycles.